The van der Waals surface area contributed by atoms with Crippen LogP contribution in [0.15, 0.2) is 72.9 Å². The predicted molar refractivity (Wildman–Crippen MR) is 124 cm³/mol. The van der Waals surface area contributed by atoms with Crippen molar-refractivity contribution in [1.29, 1.82) is 0 Å². The Hall–Kier alpha value is -4.26. The van der Waals surface area contributed by atoms with Crippen LogP contribution >= 0.6 is 0 Å². The van der Waals surface area contributed by atoms with Gasteiger partial charge in [-0.25, -0.2) is 4.79 Å². The summed E-state index contributed by atoms with van der Waals surface area (Å²) in [5.41, 5.74) is 5.84. The van der Waals surface area contributed by atoms with E-state index in [4.69, 9.17) is 4.74 Å². The number of aryl methyl sites for hydroxylation is 1. The number of anilines is 1. The van der Waals surface area contributed by atoms with Crippen LogP contribution in [0.1, 0.15) is 50.6 Å². The third-order valence-corrected chi connectivity index (χ3v) is 5.72. The molecule has 1 aliphatic heterocycles. The van der Waals surface area contributed by atoms with E-state index in [9.17, 15) is 9.59 Å². The Morgan fingerprint density at radius 3 is 2.48 bits per heavy atom. The zero-order valence-corrected chi connectivity index (χ0v) is 18.3. The van der Waals surface area contributed by atoms with E-state index in [1.807, 2.05) is 49.4 Å². The minimum Gasteiger partial charge on any atom is -0.462 e. The molecule has 1 N–H and O–H groups in total. The molecule has 0 saturated carbocycles. The molecule has 164 valence electrons. The Morgan fingerprint density at radius 2 is 1.82 bits per heavy atom. The highest BCUT2D eigenvalue weighted by Gasteiger charge is 2.43. The number of benzene rings is 2. The third kappa shape index (κ3) is 3.57. The molecule has 1 amide bonds. The van der Waals surface area contributed by atoms with Crippen LogP contribution in [0, 0.1) is 6.92 Å². The van der Waals surface area contributed by atoms with Gasteiger partial charge in [0.2, 0.25) is 0 Å². The summed E-state index contributed by atoms with van der Waals surface area (Å²) in [5, 5.41) is 7.44. The lowest BCUT2D eigenvalue weighted by atomic mass is 9.98. The molecule has 4 aromatic rings. The van der Waals surface area contributed by atoms with Gasteiger partial charge in [-0.1, -0.05) is 35.9 Å². The molecule has 0 bridgehead atoms. The molecule has 7 nitrogen and oxygen atoms in total. The molecule has 33 heavy (non-hydrogen) atoms. The van der Waals surface area contributed by atoms with Crippen molar-refractivity contribution in [2.45, 2.75) is 19.9 Å². The number of nitrogens with zero attached hydrogens (tertiary/aromatic N) is 3. The van der Waals surface area contributed by atoms with E-state index in [1.54, 1.807) is 42.3 Å². The number of pyridine rings is 1. The number of carbonyl (C=O) groups is 2. The van der Waals surface area contributed by atoms with Gasteiger partial charge in [-0.2, -0.15) is 5.10 Å². The Bertz CT molecular complexity index is 1310. The van der Waals surface area contributed by atoms with Crippen molar-refractivity contribution < 1.29 is 14.3 Å². The Kier molecular flexibility index (Phi) is 5.22. The Labute approximate surface area is 191 Å². The molecule has 1 unspecified atom stereocenters. The molecular formula is C26H22N4O3. The number of rotatable bonds is 5. The summed E-state index contributed by atoms with van der Waals surface area (Å²) in [6.45, 7) is 4.09. The number of nitrogens with one attached hydrogen (secondary N) is 1. The number of amides is 1. The fraction of sp³-hybridized carbons (Fsp3) is 0.154. The number of aromatic amines is 1. The summed E-state index contributed by atoms with van der Waals surface area (Å²) in [6.07, 6.45) is 1.71. The van der Waals surface area contributed by atoms with Crippen molar-refractivity contribution in [2.24, 2.45) is 0 Å². The van der Waals surface area contributed by atoms with Crippen molar-refractivity contribution in [1.82, 2.24) is 15.2 Å². The first-order valence-electron chi connectivity index (χ1n) is 10.8. The number of fused-ring (bicyclic) bond motifs is 1. The highest BCUT2D eigenvalue weighted by molar-refractivity contribution is 6.11. The van der Waals surface area contributed by atoms with Crippen LogP contribution in [-0.4, -0.2) is 33.7 Å². The second-order valence-corrected chi connectivity index (χ2v) is 7.83. The van der Waals surface area contributed by atoms with Gasteiger partial charge in [-0.05, 0) is 50.2 Å². The topological polar surface area (TPSA) is 88.2 Å². The summed E-state index contributed by atoms with van der Waals surface area (Å²) in [5.74, 6) is -0.593. The molecule has 0 saturated heterocycles. The minimum absolute atomic E-state index is 0.199. The lowest BCUT2D eigenvalue weighted by molar-refractivity contribution is 0.0526. The van der Waals surface area contributed by atoms with Crippen LogP contribution in [0.5, 0.6) is 0 Å². The first kappa shape index (κ1) is 20.6. The molecule has 1 aliphatic rings. The zero-order valence-electron chi connectivity index (χ0n) is 18.3. The quantitative estimate of drug-likeness (QED) is 0.456. The average Bonchev–Trinajstić information content (AvgIpc) is 3.39. The lowest BCUT2D eigenvalue weighted by Gasteiger charge is -2.25. The highest BCUT2D eigenvalue weighted by Crippen LogP contribution is 2.44. The lowest BCUT2D eigenvalue weighted by Crippen LogP contribution is -2.29. The van der Waals surface area contributed by atoms with Gasteiger partial charge in [-0.3, -0.25) is 19.8 Å². The average molecular weight is 438 g/mol. The largest absolute Gasteiger partial charge is 0.462 e. The Balaban J connectivity index is 1.62. The molecule has 2 aromatic heterocycles. The summed E-state index contributed by atoms with van der Waals surface area (Å²) >= 11 is 0. The van der Waals surface area contributed by atoms with Crippen molar-refractivity contribution >= 4 is 17.6 Å². The fourth-order valence-electron chi connectivity index (χ4n) is 4.13. The van der Waals surface area contributed by atoms with E-state index in [0.717, 1.165) is 28.1 Å². The zero-order chi connectivity index (χ0) is 22.9. The maximum Gasteiger partial charge on any atom is 0.338 e. The van der Waals surface area contributed by atoms with Gasteiger partial charge in [0, 0.05) is 23.0 Å². The predicted octanol–water partition coefficient (Wildman–Crippen LogP) is 4.71. The minimum atomic E-state index is -0.461. The maximum absolute atomic E-state index is 13.5. The van der Waals surface area contributed by atoms with Gasteiger partial charge in [0.15, 0.2) is 0 Å². The molecule has 1 atom stereocenters. The Morgan fingerprint density at radius 1 is 1.06 bits per heavy atom. The van der Waals surface area contributed by atoms with Crippen LogP contribution in [0.4, 0.5) is 5.69 Å². The van der Waals surface area contributed by atoms with Gasteiger partial charge in [0.1, 0.15) is 11.7 Å². The number of aromatic nitrogens is 3. The fourth-order valence-corrected chi connectivity index (χ4v) is 4.13. The van der Waals surface area contributed by atoms with Crippen molar-refractivity contribution in [3.05, 3.63) is 101 Å². The number of H-pyrrole nitrogens is 1. The molecule has 3 heterocycles. The SMILES string of the molecule is CCOC(=O)c1ccc(N2C(=O)c3[nH]nc(-c4ccc(C)cc4)c3C2c2ccccn2)cc1. The van der Waals surface area contributed by atoms with E-state index < -0.39 is 12.0 Å². The normalized spacial score (nSPS) is 14.9. The number of esters is 1. The molecule has 5 rings (SSSR count). The number of carbonyl (C=O) groups excluding carboxylic acids is 2. The van der Waals surface area contributed by atoms with Gasteiger partial charge >= 0.3 is 5.97 Å². The van der Waals surface area contributed by atoms with E-state index in [0.29, 0.717) is 23.6 Å². The first-order chi connectivity index (χ1) is 16.1. The van der Waals surface area contributed by atoms with Gasteiger partial charge in [0.05, 0.1) is 23.6 Å². The molecule has 0 spiro atoms. The standard InChI is InChI=1S/C26H22N4O3/c1-3-33-26(32)18-11-13-19(14-12-18)30-24(20-6-4-5-15-27-20)21-22(28-29-23(21)25(30)31)17-9-7-16(2)8-10-17/h4-15,24H,3H2,1-2H3,(H,28,29). The number of ether oxygens (including phenoxy) is 1. The maximum atomic E-state index is 13.5. The van der Waals surface area contributed by atoms with Crippen LogP contribution in [0.3, 0.4) is 0 Å². The molecule has 2 aromatic carbocycles. The smallest absolute Gasteiger partial charge is 0.338 e. The molecule has 0 aliphatic carbocycles. The van der Waals surface area contributed by atoms with E-state index >= 15 is 0 Å². The van der Waals surface area contributed by atoms with E-state index in [-0.39, 0.29) is 5.91 Å². The van der Waals surface area contributed by atoms with Crippen LogP contribution < -0.4 is 4.90 Å². The van der Waals surface area contributed by atoms with Crippen molar-refractivity contribution in [2.75, 3.05) is 11.5 Å². The van der Waals surface area contributed by atoms with Gasteiger partial charge in [0.25, 0.3) is 5.91 Å². The molecule has 7 heteroatoms. The van der Waals surface area contributed by atoms with Gasteiger partial charge < -0.3 is 4.74 Å². The first-order valence-corrected chi connectivity index (χ1v) is 10.8. The van der Waals surface area contributed by atoms with Crippen molar-refractivity contribution in [3.63, 3.8) is 0 Å². The van der Waals surface area contributed by atoms with Crippen molar-refractivity contribution in [3.8, 4) is 11.3 Å². The van der Waals surface area contributed by atoms with Crippen LogP contribution in [0.25, 0.3) is 11.3 Å². The highest BCUT2D eigenvalue weighted by atomic mass is 16.5. The summed E-state index contributed by atoms with van der Waals surface area (Å²) in [6, 6.07) is 20.1. The van der Waals surface area contributed by atoms with Gasteiger partial charge in [-0.15, -0.1) is 0 Å². The molecular weight excluding hydrogens is 416 g/mol. The number of hydrogen-bond acceptors (Lipinski definition) is 5. The van der Waals surface area contributed by atoms with E-state index in [1.165, 1.54) is 0 Å². The van der Waals surface area contributed by atoms with E-state index in [2.05, 4.69) is 15.2 Å². The molecule has 0 fully saturated rings. The summed E-state index contributed by atoms with van der Waals surface area (Å²) < 4.78 is 5.07. The third-order valence-electron chi connectivity index (χ3n) is 5.72. The second kappa shape index (κ2) is 8.35. The number of hydrogen-bond donors (Lipinski definition) is 1. The summed E-state index contributed by atoms with van der Waals surface area (Å²) in [7, 11) is 0. The monoisotopic (exact) mass is 438 g/mol. The summed E-state index contributed by atoms with van der Waals surface area (Å²) in [4.78, 5) is 31.9. The van der Waals surface area contributed by atoms with Crippen LogP contribution in [-0.2, 0) is 4.74 Å². The second-order valence-electron chi connectivity index (χ2n) is 7.83. The molecule has 0 radical (unpaired) electrons. The van der Waals surface area contributed by atoms with Crippen LogP contribution in [0.2, 0.25) is 0 Å².